The van der Waals surface area contributed by atoms with Gasteiger partial charge in [0.2, 0.25) is 5.91 Å². The summed E-state index contributed by atoms with van der Waals surface area (Å²) in [5, 5.41) is 2.58. The molecule has 1 unspecified atom stereocenters. The SMILES string of the molecule is COc1ccc(C)cc1C(C)NC(=O)/C=C(/c1ccccc1)C(F)(F)F. The van der Waals surface area contributed by atoms with Crippen LogP contribution >= 0.6 is 0 Å². The number of benzene rings is 2. The summed E-state index contributed by atoms with van der Waals surface area (Å²) >= 11 is 0. The minimum Gasteiger partial charge on any atom is -0.496 e. The van der Waals surface area contributed by atoms with Crippen LogP contribution in [0.1, 0.15) is 29.7 Å². The predicted octanol–water partition coefficient (Wildman–Crippen LogP) is 4.83. The van der Waals surface area contributed by atoms with Gasteiger partial charge in [-0.15, -0.1) is 0 Å². The molecule has 1 N–H and O–H groups in total. The van der Waals surface area contributed by atoms with Crippen LogP contribution in [0.3, 0.4) is 0 Å². The summed E-state index contributed by atoms with van der Waals surface area (Å²) in [5.41, 5.74) is 0.607. The summed E-state index contributed by atoms with van der Waals surface area (Å²) in [6.07, 6.45) is -4.04. The third kappa shape index (κ3) is 4.88. The number of amides is 1. The maximum absolute atomic E-state index is 13.3. The van der Waals surface area contributed by atoms with E-state index in [1.54, 1.807) is 19.1 Å². The molecular formula is C20H20F3NO2. The lowest BCUT2D eigenvalue weighted by molar-refractivity contribution is -0.117. The van der Waals surface area contributed by atoms with Crippen LogP contribution in [0, 0.1) is 6.92 Å². The van der Waals surface area contributed by atoms with Gasteiger partial charge in [0.05, 0.1) is 18.7 Å². The van der Waals surface area contributed by atoms with E-state index in [0.717, 1.165) is 5.56 Å². The molecule has 0 aliphatic rings. The first-order valence-corrected chi connectivity index (χ1v) is 8.01. The fourth-order valence-electron chi connectivity index (χ4n) is 2.60. The number of ether oxygens (including phenoxy) is 1. The predicted molar refractivity (Wildman–Crippen MR) is 94.8 cm³/mol. The van der Waals surface area contributed by atoms with Gasteiger partial charge in [-0.2, -0.15) is 13.2 Å². The van der Waals surface area contributed by atoms with Crippen molar-refractivity contribution >= 4 is 11.5 Å². The first-order chi connectivity index (χ1) is 12.2. The van der Waals surface area contributed by atoms with E-state index in [9.17, 15) is 18.0 Å². The van der Waals surface area contributed by atoms with E-state index in [2.05, 4.69) is 5.32 Å². The number of allylic oxidation sites excluding steroid dienone is 1. The summed E-state index contributed by atoms with van der Waals surface area (Å²) in [4.78, 5) is 12.2. The molecule has 1 amide bonds. The molecule has 0 heterocycles. The Kier molecular flexibility index (Phi) is 6.08. The van der Waals surface area contributed by atoms with Crippen molar-refractivity contribution in [3.63, 3.8) is 0 Å². The van der Waals surface area contributed by atoms with Crippen molar-refractivity contribution in [3.05, 3.63) is 71.3 Å². The Morgan fingerprint density at radius 1 is 1.15 bits per heavy atom. The largest absolute Gasteiger partial charge is 0.496 e. The van der Waals surface area contributed by atoms with Gasteiger partial charge >= 0.3 is 6.18 Å². The third-order valence-corrected chi connectivity index (χ3v) is 3.88. The number of methoxy groups -OCH3 is 1. The molecule has 26 heavy (non-hydrogen) atoms. The van der Waals surface area contributed by atoms with Crippen LogP contribution in [0.5, 0.6) is 5.75 Å². The molecule has 6 heteroatoms. The van der Waals surface area contributed by atoms with E-state index in [0.29, 0.717) is 17.4 Å². The van der Waals surface area contributed by atoms with Crippen molar-refractivity contribution in [2.75, 3.05) is 7.11 Å². The second-order valence-electron chi connectivity index (χ2n) is 5.90. The minimum absolute atomic E-state index is 0.0593. The number of nitrogens with one attached hydrogen (secondary N) is 1. The second-order valence-corrected chi connectivity index (χ2v) is 5.90. The molecule has 0 saturated carbocycles. The molecule has 0 aliphatic heterocycles. The average Bonchev–Trinajstić information content (AvgIpc) is 2.59. The number of hydrogen-bond acceptors (Lipinski definition) is 2. The van der Waals surface area contributed by atoms with Gasteiger partial charge in [0.15, 0.2) is 0 Å². The quantitative estimate of drug-likeness (QED) is 0.773. The van der Waals surface area contributed by atoms with Gasteiger partial charge in [-0.1, -0.05) is 48.0 Å². The maximum Gasteiger partial charge on any atom is 0.417 e. The Morgan fingerprint density at radius 3 is 2.38 bits per heavy atom. The summed E-state index contributed by atoms with van der Waals surface area (Å²) in [6, 6.07) is 12.2. The molecule has 0 aliphatic carbocycles. The topological polar surface area (TPSA) is 38.3 Å². The highest BCUT2D eigenvalue weighted by atomic mass is 19.4. The molecule has 2 rings (SSSR count). The molecule has 0 spiro atoms. The fraction of sp³-hybridized carbons (Fsp3) is 0.250. The van der Waals surface area contributed by atoms with Gasteiger partial charge in [-0.25, -0.2) is 0 Å². The zero-order chi connectivity index (χ0) is 19.3. The highest BCUT2D eigenvalue weighted by molar-refractivity contribution is 5.96. The maximum atomic E-state index is 13.3. The molecule has 138 valence electrons. The number of halogens is 3. The summed E-state index contributed by atoms with van der Waals surface area (Å²) in [6.45, 7) is 3.58. The van der Waals surface area contributed by atoms with E-state index in [-0.39, 0.29) is 5.56 Å². The first kappa shape index (κ1) is 19.6. The molecule has 0 aromatic heterocycles. The lowest BCUT2D eigenvalue weighted by Crippen LogP contribution is -2.26. The van der Waals surface area contributed by atoms with Gasteiger partial charge in [-0.3, -0.25) is 4.79 Å². The van der Waals surface area contributed by atoms with E-state index in [1.807, 2.05) is 19.1 Å². The Balaban J connectivity index is 2.27. The second kappa shape index (κ2) is 8.08. The highest BCUT2D eigenvalue weighted by Gasteiger charge is 2.35. The summed E-state index contributed by atoms with van der Waals surface area (Å²) in [5.74, 6) is -0.260. The number of carbonyl (C=O) groups excluding carboxylic acids is 1. The van der Waals surface area contributed by atoms with Gasteiger partial charge in [0.25, 0.3) is 0 Å². The number of hydrogen-bond donors (Lipinski definition) is 1. The lowest BCUT2D eigenvalue weighted by Gasteiger charge is -2.18. The number of rotatable bonds is 5. The Bertz CT molecular complexity index is 798. The van der Waals surface area contributed by atoms with E-state index in [4.69, 9.17) is 4.74 Å². The molecule has 1 atom stereocenters. The molecule has 0 bridgehead atoms. The summed E-state index contributed by atoms with van der Waals surface area (Å²) in [7, 11) is 1.50. The van der Waals surface area contributed by atoms with Crippen LogP contribution < -0.4 is 10.1 Å². The highest BCUT2D eigenvalue weighted by Crippen LogP contribution is 2.34. The lowest BCUT2D eigenvalue weighted by atomic mass is 10.0. The molecule has 0 radical (unpaired) electrons. The van der Waals surface area contributed by atoms with E-state index >= 15 is 0 Å². The van der Waals surface area contributed by atoms with E-state index in [1.165, 1.54) is 31.4 Å². The average molecular weight is 363 g/mol. The van der Waals surface area contributed by atoms with Crippen molar-refractivity contribution in [2.24, 2.45) is 0 Å². The van der Waals surface area contributed by atoms with Crippen molar-refractivity contribution in [2.45, 2.75) is 26.1 Å². The molecular weight excluding hydrogens is 343 g/mol. The Labute approximate surface area is 150 Å². The molecule has 0 saturated heterocycles. The van der Waals surface area contributed by atoms with Crippen LogP contribution in [0.15, 0.2) is 54.6 Å². The molecule has 2 aromatic rings. The van der Waals surface area contributed by atoms with Gasteiger partial charge in [-0.05, 0) is 25.5 Å². The number of carbonyl (C=O) groups is 1. The smallest absolute Gasteiger partial charge is 0.417 e. The molecule has 3 nitrogen and oxygen atoms in total. The van der Waals surface area contributed by atoms with Crippen molar-refractivity contribution in [1.82, 2.24) is 5.32 Å². The van der Waals surface area contributed by atoms with Crippen molar-refractivity contribution in [1.29, 1.82) is 0 Å². The van der Waals surface area contributed by atoms with Crippen molar-refractivity contribution < 1.29 is 22.7 Å². The standard InChI is InChI=1S/C20H20F3NO2/c1-13-9-10-18(26-3)16(11-13)14(2)24-19(25)12-17(20(21,22)23)15-7-5-4-6-8-15/h4-12,14H,1-3H3,(H,24,25)/b17-12-. The fourth-order valence-corrected chi connectivity index (χ4v) is 2.60. The third-order valence-electron chi connectivity index (χ3n) is 3.88. The van der Waals surface area contributed by atoms with Crippen molar-refractivity contribution in [3.8, 4) is 5.75 Å². The Hall–Kier alpha value is -2.76. The van der Waals surface area contributed by atoms with Crippen LogP contribution in [-0.2, 0) is 4.79 Å². The van der Waals surface area contributed by atoms with Gasteiger partial charge in [0, 0.05) is 11.6 Å². The molecule has 0 fully saturated rings. The van der Waals surface area contributed by atoms with Crippen LogP contribution in [0.25, 0.3) is 5.57 Å². The van der Waals surface area contributed by atoms with E-state index < -0.39 is 23.7 Å². The number of alkyl halides is 3. The Morgan fingerprint density at radius 2 is 1.81 bits per heavy atom. The normalized spacial score (nSPS) is 13.2. The van der Waals surface area contributed by atoms with Gasteiger partial charge < -0.3 is 10.1 Å². The number of aryl methyl sites for hydroxylation is 1. The van der Waals surface area contributed by atoms with Gasteiger partial charge in [0.1, 0.15) is 5.75 Å². The minimum atomic E-state index is -4.64. The zero-order valence-corrected chi connectivity index (χ0v) is 14.7. The first-order valence-electron chi connectivity index (χ1n) is 8.01. The van der Waals surface area contributed by atoms with Crippen LogP contribution in [0.4, 0.5) is 13.2 Å². The zero-order valence-electron chi connectivity index (χ0n) is 14.7. The van der Waals surface area contributed by atoms with Crippen LogP contribution in [0.2, 0.25) is 0 Å². The van der Waals surface area contributed by atoms with Crippen LogP contribution in [-0.4, -0.2) is 19.2 Å². The monoisotopic (exact) mass is 363 g/mol. The molecule has 2 aromatic carbocycles. The summed E-state index contributed by atoms with van der Waals surface area (Å²) < 4.78 is 45.3.